The molecule has 2 aliphatic rings. The topological polar surface area (TPSA) is 0 Å². The molecule has 0 bridgehead atoms. The third-order valence-corrected chi connectivity index (χ3v) is 9.18. The molecule has 12 heteroatoms. The molecule has 0 radical (unpaired) electrons. The van der Waals surface area contributed by atoms with Gasteiger partial charge in [-0.25, -0.2) is 0 Å². The van der Waals surface area contributed by atoms with Crippen LogP contribution in [0.1, 0.15) is 22.3 Å². The number of alkyl halides is 12. The van der Waals surface area contributed by atoms with Crippen LogP contribution in [0.25, 0.3) is 66.4 Å². The van der Waals surface area contributed by atoms with E-state index >= 15 is 0 Å². The van der Waals surface area contributed by atoms with Gasteiger partial charge in [-0.05, 0) is 121 Å². The molecule has 0 spiro atoms. The van der Waals surface area contributed by atoms with Crippen molar-refractivity contribution in [1.82, 2.24) is 0 Å². The molecule has 0 unspecified atom stereocenters. The number of fused-ring (bicyclic) bond motifs is 3. The van der Waals surface area contributed by atoms with Gasteiger partial charge in [-0.1, -0.05) is 78.9 Å². The first-order valence-corrected chi connectivity index (χ1v) is 16.0. The third-order valence-electron chi connectivity index (χ3n) is 9.18. The molecule has 7 rings (SSSR count). The molecule has 0 saturated carbocycles. The van der Waals surface area contributed by atoms with Crippen LogP contribution in [-0.2, 0) is 24.7 Å². The summed E-state index contributed by atoms with van der Waals surface area (Å²) in [5.74, 6) is 0. The Morgan fingerprint density at radius 2 is 0.593 bits per heavy atom. The van der Waals surface area contributed by atoms with E-state index in [1.807, 2.05) is 0 Å². The summed E-state index contributed by atoms with van der Waals surface area (Å²) in [4.78, 5) is 0. The second-order valence-electron chi connectivity index (χ2n) is 12.5. The van der Waals surface area contributed by atoms with E-state index in [0.717, 1.165) is 72.8 Å². The van der Waals surface area contributed by atoms with Gasteiger partial charge >= 0.3 is 24.7 Å². The fraction of sp³-hybridized carbons (Fsp3) is 0.0952. The molecule has 274 valence electrons. The molecular weight excluding hydrogens is 732 g/mol. The SMILES string of the molecule is FC(F)(F)c1ccc(-c2c(-c3ccc(C(F)(F)F)cc3)c(-c3ccc(C(F)(F)F)cc3)c3c4cccccc-4cc3c2-c2ccc(C(F)(F)F)cc2)cc1. The maximum Gasteiger partial charge on any atom is 0.416 e. The van der Waals surface area contributed by atoms with Crippen molar-refractivity contribution < 1.29 is 52.7 Å². The highest BCUT2D eigenvalue weighted by Crippen LogP contribution is 2.55. The quantitative estimate of drug-likeness (QED) is 0.157. The van der Waals surface area contributed by atoms with Gasteiger partial charge in [0.2, 0.25) is 0 Å². The van der Waals surface area contributed by atoms with Gasteiger partial charge in [0.25, 0.3) is 0 Å². The van der Waals surface area contributed by atoms with Crippen molar-refractivity contribution in [2.75, 3.05) is 0 Å². The standard InChI is InChI=1S/C42H22F12/c43-39(44,45)28-14-6-23(7-15-28)34-33-22-27-4-2-1-3-5-32(27)38(33)37(26-12-20-31(21-13-26)42(52,53)54)36(25-10-18-30(19-11-25)41(49,50)51)35(34)24-8-16-29(17-9-24)40(46,47)48/h1-22H. The average Bonchev–Trinajstić information content (AvgIpc) is 3.30. The number of halogens is 12. The summed E-state index contributed by atoms with van der Waals surface area (Å²) in [5.41, 5.74) is -1.53. The second-order valence-corrected chi connectivity index (χ2v) is 12.5. The van der Waals surface area contributed by atoms with E-state index in [1.165, 1.54) is 24.3 Å². The van der Waals surface area contributed by atoms with Crippen molar-refractivity contribution >= 4 is 10.8 Å². The molecule has 0 saturated heterocycles. The summed E-state index contributed by atoms with van der Waals surface area (Å²) in [6.07, 6.45) is -18.9. The molecule has 0 aliphatic heterocycles. The predicted molar refractivity (Wildman–Crippen MR) is 182 cm³/mol. The Balaban J connectivity index is 1.71. The maximum atomic E-state index is 13.8. The van der Waals surface area contributed by atoms with Crippen molar-refractivity contribution in [3.8, 4) is 55.6 Å². The van der Waals surface area contributed by atoms with Crippen LogP contribution in [0.5, 0.6) is 0 Å². The summed E-state index contributed by atoms with van der Waals surface area (Å²) >= 11 is 0. The van der Waals surface area contributed by atoms with E-state index < -0.39 is 47.0 Å². The molecule has 54 heavy (non-hydrogen) atoms. The minimum atomic E-state index is -4.75. The second kappa shape index (κ2) is 13.0. The highest BCUT2D eigenvalue weighted by Gasteiger charge is 2.35. The Morgan fingerprint density at radius 3 is 0.963 bits per heavy atom. The Hall–Kier alpha value is -5.78. The van der Waals surface area contributed by atoms with Crippen LogP contribution >= 0.6 is 0 Å². The first kappa shape index (κ1) is 36.6. The van der Waals surface area contributed by atoms with Crippen molar-refractivity contribution in [3.63, 3.8) is 0 Å². The lowest BCUT2D eigenvalue weighted by Gasteiger charge is -2.24. The zero-order valence-corrected chi connectivity index (χ0v) is 27.2. The summed E-state index contributed by atoms with van der Waals surface area (Å²) < 4.78 is 165. The van der Waals surface area contributed by atoms with Crippen LogP contribution in [0, 0.1) is 0 Å². The van der Waals surface area contributed by atoms with Crippen molar-refractivity contribution in [2.24, 2.45) is 0 Å². The van der Waals surface area contributed by atoms with Gasteiger partial charge in [0.05, 0.1) is 22.3 Å². The van der Waals surface area contributed by atoms with Gasteiger partial charge in [-0.15, -0.1) is 0 Å². The normalized spacial score (nSPS) is 12.8. The van der Waals surface area contributed by atoms with Crippen LogP contribution in [0.15, 0.2) is 133 Å². The third kappa shape index (κ3) is 6.76. The molecule has 0 N–H and O–H groups in total. The predicted octanol–water partition coefficient (Wildman–Crippen LogP) is 14.7. The average molecular weight is 755 g/mol. The van der Waals surface area contributed by atoms with Crippen LogP contribution in [0.2, 0.25) is 0 Å². The molecule has 0 amide bonds. The molecule has 5 aromatic carbocycles. The number of hydrogen-bond donors (Lipinski definition) is 0. The largest absolute Gasteiger partial charge is 0.416 e. The van der Waals surface area contributed by atoms with E-state index in [4.69, 9.17) is 0 Å². The van der Waals surface area contributed by atoms with Gasteiger partial charge in [-0.3, -0.25) is 0 Å². The lowest BCUT2D eigenvalue weighted by Crippen LogP contribution is -2.06. The fourth-order valence-electron chi connectivity index (χ4n) is 6.73. The minimum Gasteiger partial charge on any atom is -0.166 e. The molecule has 5 aromatic rings. The number of benzene rings is 5. The van der Waals surface area contributed by atoms with Crippen LogP contribution < -0.4 is 0 Å². The zero-order chi connectivity index (χ0) is 38.8. The molecule has 0 nitrogen and oxygen atoms in total. The molecular formula is C42H22F12. The highest BCUT2D eigenvalue weighted by atomic mass is 19.4. The lowest BCUT2D eigenvalue weighted by atomic mass is 9.79. The smallest absolute Gasteiger partial charge is 0.166 e. The van der Waals surface area contributed by atoms with E-state index in [-0.39, 0.29) is 44.5 Å². The Morgan fingerprint density at radius 1 is 0.278 bits per heavy atom. The first-order valence-electron chi connectivity index (χ1n) is 16.0. The fourth-order valence-corrected chi connectivity index (χ4v) is 6.73. The van der Waals surface area contributed by atoms with Crippen molar-refractivity contribution in [3.05, 3.63) is 156 Å². The molecule has 0 heterocycles. The first-order chi connectivity index (χ1) is 25.3. The Bertz CT molecular complexity index is 2430. The Labute approximate surface area is 299 Å². The van der Waals surface area contributed by atoms with Gasteiger partial charge in [0.15, 0.2) is 0 Å². The van der Waals surface area contributed by atoms with E-state index in [0.29, 0.717) is 21.9 Å². The summed E-state index contributed by atoms with van der Waals surface area (Å²) in [6, 6.07) is 26.2. The van der Waals surface area contributed by atoms with E-state index in [9.17, 15) is 52.7 Å². The van der Waals surface area contributed by atoms with Crippen LogP contribution in [0.3, 0.4) is 0 Å². The summed E-state index contributed by atoms with van der Waals surface area (Å²) in [5, 5.41) is 0.790. The van der Waals surface area contributed by atoms with Crippen molar-refractivity contribution in [2.45, 2.75) is 24.7 Å². The molecule has 2 aliphatic carbocycles. The molecule has 0 fully saturated rings. The number of hydrogen-bond acceptors (Lipinski definition) is 0. The number of rotatable bonds is 4. The zero-order valence-electron chi connectivity index (χ0n) is 27.2. The maximum absolute atomic E-state index is 13.8. The van der Waals surface area contributed by atoms with Gasteiger partial charge in [-0.2, -0.15) is 52.7 Å². The summed E-state index contributed by atoms with van der Waals surface area (Å²) in [6.45, 7) is 0. The van der Waals surface area contributed by atoms with Crippen LogP contribution in [-0.4, -0.2) is 0 Å². The van der Waals surface area contributed by atoms with Gasteiger partial charge in [0.1, 0.15) is 0 Å². The van der Waals surface area contributed by atoms with E-state index in [2.05, 4.69) is 0 Å². The Kier molecular flexibility index (Phi) is 8.78. The lowest BCUT2D eigenvalue weighted by molar-refractivity contribution is -0.138. The monoisotopic (exact) mass is 754 g/mol. The molecule has 0 aromatic heterocycles. The summed E-state index contributed by atoms with van der Waals surface area (Å²) in [7, 11) is 0. The van der Waals surface area contributed by atoms with Gasteiger partial charge in [0, 0.05) is 0 Å². The van der Waals surface area contributed by atoms with Gasteiger partial charge < -0.3 is 0 Å². The highest BCUT2D eigenvalue weighted by molar-refractivity contribution is 6.24. The van der Waals surface area contributed by atoms with E-state index in [1.54, 1.807) is 36.4 Å². The molecule has 0 atom stereocenters. The van der Waals surface area contributed by atoms with Crippen molar-refractivity contribution in [1.29, 1.82) is 0 Å². The minimum absolute atomic E-state index is 0.109. The van der Waals surface area contributed by atoms with Crippen LogP contribution in [0.4, 0.5) is 52.7 Å².